The van der Waals surface area contributed by atoms with Crippen LogP contribution in [-0.4, -0.2) is 33.8 Å². The largest absolute Gasteiger partial charge is 0.363 e. The highest BCUT2D eigenvalue weighted by Crippen LogP contribution is 2.32. The van der Waals surface area contributed by atoms with Crippen molar-refractivity contribution < 1.29 is 4.39 Å². The Bertz CT molecular complexity index is 1180. The second kappa shape index (κ2) is 12.1. The van der Waals surface area contributed by atoms with E-state index in [-0.39, 0.29) is 11.9 Å². The molecule has 7 heteroatoms. The summed E-state index contributed by atoms with van der Waals surface area (Å²) in [5.41, 5.74) is 6.04. The fourth-order valence-corrected chi connectivity index (χ4v) is 4.10. The van der Waals surface area contributed by atoms with E-state index in [2.05, 4.69) is 47.5 Å². The van der Waals surface area contributed by atoms with Crippen molar-refractivity contribution >= 4 is 18.1 Å². The minimum Gasteiger partial charge on any atom is -0.363 e. The summed E-state index contributed by atoms with van der Waals surface area (Å²) >= 11 is 0. The summed E-state index contributed by atoms with van der Waals surface area (Å²) in [4.78, 5) is 10.7. The first-order valence-electron chi connectivity index (χ1n) is 12.0. The Labute approximate surface area is 208 Å². The minimum absolute atomic E-state index is 0.0116. The molecule has 0 aliphatic carbocycles. The fourth-order valence-electron chi connectivity index (χ4n) is 4.10. The molecule has 2 aromatic rings. The van der Waals surface area contributed by atoms with Gasteiger partial charge in [-0.25, -0.2) is 4.39 Å². The van der Waals surface area contributed by atoms with Crippen molar-refractivity contribution in [3.8, 4) is 0 Å². The van der Waals surface area contributed by atoms with Crippen LogP contribution in [0.15, 0.2) is 82.9 Å². The van der Waals surface area contributed by atoms with Crippen LogP contribution < -0.4 is 5.32 Å². The zero-order valence-electron chi connectivity index (χ0n) is 21.1. The second-order valence-corrected chi connectivity index (χ2v) is 8.30. The maximum Gasteiger partial charge on any atom is 0.126 e. The Kier molecular flexibility index (Phi) is 8.95. The number of benzene rings is 1. The highest BCUT2D eigenvalue weighted by molar-refractivity contribution is 6.10. The molecule has 35 heavy (non-hydrogen) atoms. The zero-order chi connectivity index (χ0) is 25.4. The van der Waals surface area contributed by atoms with Crippen LogP contribution >= 0.6 is 0 Å². The van der Waals surface area contributed by atoms with Crippen LogP contribution in [-0.2, 0) is 13.0 Å². The van der Waals surface area contributed by atoms with Gasteiger partial charge < -0.3 is 10.2 Å². The van der Waals surface area contributed by atoms with E-state index < -0.39 is 0 Å². The van der Waals surface area contributed by atoms with Crippen LogP contribution in [0.1, 0.15) is 50.1 Å². The first-order valence-corrected chi connectivity index (χ1v) is 12.0. The van der Waals surface area contributed by atoms with Crippen molar-refractivity contribution in [2.75, 3.05) is 12.0 Å². The zero-order valence-corrected chi connectivity index (χ0v) is 21.1. The number of nitrogens with zero attached hydrogens (tertiary/aromatic N) is 5. The number of allylic oxidation sites excluding steroid dienone is 4. The van der Waals surface area contributed by atoms with Crippen molar-refractivity contribution in [1.82, 2.24) is 14.7 Å². The molecule has 1 aliphatic heterocycles. The molecule has 1 atom stereocenters. The van der Waals surface area contributed by atoms with Crippen LogP contribution in [0.25, 0.3) is 0 Å². The molecule has 0 saturated carbocycles. The highest BCUT2D eigenvalue weighted by atomic mass is 19.1. The molecule has 1 unspecified atom stereocenters. The Morgan fingerprint density at radius 2 is 2.09 bits per heavy atom. The molecule has 1 N–H and O–H groups in total. The first-order chi connectivity index (χ1) is 16.9. The van der Waals surface area contributed by atoms with Gasteiger partial charge in [0.2, 0.25) is 0 Å². The quantitative estimate of drug-likeness (QED) is 0.386. The average Bonchev–Trinajstić information content (AvgIpc) is 3.22. The smallest absolute Gasteiger partial charge is 0.126 e. The first kappa shape index (κ1) is 25.9. The summed E-state index contributed by atoms with van der Waals surface area (Å²) in [6, 6.07) is 5.52. The van der Waals surface area contributed by atoms with Gasteiger partial charge in [-0.2, -0.15) is 5.10 Å². The highest BCUT2D eigenvalue weighted by Gasteiger charge is 2.21. The van der Waals surface area contributed by atoms with Gasteiger partial charge in [0.1, 0.15) is 12.5 Å². The van der Waals surface area contributed by atoms with E-state index in [1.165, 1.54) is 0 Å². The third-order valence-electron chi connectivity index (χ3n) is 6.06. The maximum absolute atomic E-state index is 14.5. The average molecular weight is 475 g/mol. The van der Waals surface area contributed by atoms with E-state index >= 15 is 0 Å². The van der Waals surface area contributed by atoms with Gasteiger partial charge in [0.15, 0.2) is 0 Å². The van der Waals surface area contributed by atoms with E-state index in [4.69, 9.17) is 4.99 Å². The summed E-state index contributed by atoms with van der Waals surface area (Å²) in [5, 5.41) is 7.78. The number of rotatable bonds is 11. The molecule has 1 aliphatic rings. The normalized spacial score (nSPS) is 15.0. The van der Waals surface area contributed by atoms with Crippen LogP contribution in [0, 0.1) is 12.7 Å². The summed E-state index contributed by atoms with van der Waals surface area (Å²) in [7, 11) is 0. The minimum atomic E-state index is -0.157. The van der Waals surface area contributed by atoms with Gasteiger partial charge in [-0.05, 0) is 68.8 Å². The number of anilines is 1. The van der Waals surface area contributed by atoms with Gasteiger partial charge >= 0.3 is 0 Å². The van der Waals surface area contributed by atoms with Gasteiger partial charge in [0.05, 0.1) is 23.1 Å². The lowest BCUT2D eigenvalue weighted by atomic mass is 9.97. The number of aliphatic imine (C=N–C) groups is 2. The second-order valence-electron chi connectivity index (χ2n) is 8.30. The van der Waals surface area contributed by atoms with E-state index in [0.29, 0.717) is 13.1 Å². The number of aryl methyl sites for hydroxylation is 3. The summed E-state index contributed by atoms with van der Waals surface area (Å²) in [6.07, 6.45) is 12.9. The summed E-state index contributed by atoms with van der Waals surface area (Å²) < 4.78 is 16.4. The van der Waals surface area contributed by atoms with Gasteiger partial charge in [0.25, 0.3) is 0 Å². The van der Waals surface area contributed by atoms with E-state index in [0.717, 1.165) is 52.5 Å². The molecule has 0 radical (unpaired) electrons. The van der Waals surface area contributed by atoms with Crippen LogP contribution in [0.3, 0.4) is 0 Å². The van der Waals surface area contributed by atoms with Crippen molar-refractivity contribution in [2.45, 2.75) is 53.1 Å². The number of nitrogens with one attached hydrogen (secondary N) is 1. The molecule has 1 aromatic heterocycles. The fraction of sp³-hybridized carbons (Fsp3) is 0.321. The number of hydrogen-bond donors (Lipinski definition) is 1. The number of aromatic nitrogens is 2. The molecule has 0 fully saturated rings. The third kappa shape index (κ3) is 6.23. The van der Waals surface area contributed by atoms with Crippen LogP contribution in [0.5, 0.6) is 0 Å². The van der Waals surface area contributed by atoms with E-state index in [9.17, 15) is 4.39 Å². The van der Waals surface area contributed by atoms with Crippen molar-refractivity contribution in [1.29, 1.82) is 0 Å². The van der Waals surface area contributed by atoms with E-state index in [1.54, 1.807) is 12.3 Å². The van der Waals surface area contributed by atoms with Crippen molar-refractivity contribution in [3.05, 3.63) is 95.5 Å². The Morgan fingerprint density at radius 3 is 2.69 bits per heavy atom. The van der Waals surface area contributed by atoms with Crippen LogP contribution in [0.2, 0.25) is 0 Å². The van der Waals surface area contributed by atoms with Crippen molar-refractivity contribution in [3.63, 3.8) is 0 Å². The topological polar surface area (TPSA) is 57.8 Å². The molecule has 184 valence electrons. The van der Waals surface area contributed by atoms with Crippen molar-refractivity contribution in [2.24, 2.45) is 9.98 Å². The standard InChI is InChI=1S/C28H35FN6/c1-7-22-10-11-24(17-25(22)29)28(8-2)35-15-13-23(16-20(35)4)26(12-14-30-6)31-19-32-27-18-34(9-3)33-21(27)5/h10-18,28,32H,4,6-9,19H2,1-3,5H3/b14-12-,31-26+. The van der Waals surface area contributed by atoms with Gasteiger partial charge in [-0.15, -0.1) is 0 Å². The lowest BCUT2D eigenvalue weighted by molar-refractivity contribution is 0.343. The Morgan fingerprint density at radius 1 is 1.29 bits per heavy atom. The number of halogens is 1. The molecule has 0 saturated heterocycles. The predicted molar refractivity (Wildman–Crippen MR) is 144 cm³/mol. The molecule has 0 spiro atoms. The molecule has 3 rings (SSSR count). The third-order valence-corrected chi connectivity index (χ3v) is 6.06. The molecule has 0 bridgehead atoms. The van der Waals surface area contributed by atoms with Gasteiger partial charge in [0, 0.05) is 36.4 Å². The molecule has 6 nitrogen and oxygen atoms in total. The lowest BCUT2D eigenvalue weighted by Crippen LogP contribution is -2.24. The maximum atomic E-state index is 14.5. The molecule has 2 heterocycles. The van der Waals surface area contributed by atoms with Gasteiger partial charge in [-0.1, -0.05) is 32.6 Å². The Balaban J connectivity index is 1.79. The summed E-state index contributed by atoms with van der Waals surface area (Å²) in [5.74, 6) is -0.157. The number of hydrogen-bond acceptors (Lipinski definition) is 5. The monoisotopic (exact) mass is 474 g/mol. The van der Waals surface area contributed by atoms with Gasteiger partial charge in [-0.3, -0.25) is 14.7 Å². The molecule has 1 aromatic carbocycles. The summed E-state index contributed by atoms with van der Waals surface area (Å²) in [6.45, 7) is 17.1. The SMILES string of the molecule is C=N/C=C\C(=N/CNc1cn(CC)nc1C)C1=CC(=C)N(C(CC)c2ccc(CC)c(F)c2)C=C1. The lowest BCUT2D eigenvalue weighted by Gasteiger charge is -2.33. The molecule has 0 amide bonds. The molecular formula is C28H35FN6. The Hall–Kier alpha value is -3.74. The van der Waals surface area contributed by atoms with E-state index in [1.807, 2.05) is 61.3 Å². The predicted octanol–water partition coefficient (Wildman–Crippen LogP) is 6.36. The van der Waals surface area contributed by atoms with Crippen LogP contribution in [0.4, 0.5) is 10.1 Å². The molecular weight excluding hydrogens is 439 g/mol.